The molecule has 0 N–H and O–H groups in total. The van der Waals surface area contributed by atoms with Crippen molar-refractivity contribution in [3.8, 4) is 11.4 Å². The van der Waals surface area contributed by atoms with Crippen LogP contribution in [0.5, 0.6) is 5.75 Å². The fourth-order valence-corrected chi connectivity index (χ4v) is 1.80. The Morgan fingerprint density at radius 1 is 1.35 bits per heavy atom. The van der Waals surface area contributed by atoms with Crippen LogP contribution in [-0.4, -0.2) is 35.7 Å². The summed E-state index contributed by atoms with van der Waals surface area (Å²) in [5, 5.41) is 0. The summed E-state index contributed by atoms with van der Waals surface area (Å²) in [6.45, 7) is 0.903. The molecule has 0 aliphatic heterocycles. The lowest BCUT2D eigenvalue weighted by Gasteiger charge is -2.13. The minimum Gasteiger partial charge on any atom is -0.495 e. The number of aromatic nitrogens is 2. The SMILES string of the molecule is COc1cc(CN(C)C)ccc1-n1ccnc1. The van der Waals surface area contributed by atoms with E-state index < -0.39 is 0 Å². The molecule has 4 heteroatoms. The van der Waals surface area contributed by atoms with Crippen molar-refractivity contribution in [1.82, 2.24) is 14.5 Å². The average Bonchev–Trinajstić information content (AvgIpc) is 2.81. The molecule has 1 heterocycles. The van der Waals surface area contributed by atoms with Crippen LogP contribution in [0.2, 0.25) is 0 Å². The van der Waals surface area contributed by atoms with E-state index in [1.165, 1.54) is 5.56 Å². The number of ether oxygens (including phenoxy) is 1. The number of benzene rings is 1. The quantitative estimate of drug-likeness (QED) is 0.805. The second-order valence-corrected chi connectivity index (χ2v) is 4.21. The molecule has 90 valence electrons. The van der Waals surface area contributed by atoms with Crippen LogP contribution >= 0.6 is 0 Å². The monoisotopic (exact) mass is 231 g/mol. The molecule has 2 aromatic rings. The maximum Gasteiger partial charge on any atom is 0.143 e. The zero-order valence-electron chi connectivity index (χ0n) is 10.4. The summed E-state index contributed by atoms with van der Waals surface area (Å²) in [5.74, 6) is 0.863. The molecule has 0 saturated heterocycles. The van der Waals surface area contributed by atoms with E-state index in [9.17, 15) is 0 Å². The number of rotatable bonds is 4. The number of nitrogens with zero attached hydrogens (tertiary/aromatic N) is 3. The van der Waals surface area contributed by atoms with E-state index >= 15 is 0 Å². The number of hydrogen-bond acceptors (Lipinski definition) is 3. The van der Waals surface area contributed by atoms with E-state index in [1.807, 2.05) is 10.8 Å². The molecule has 1 aromatic carbocycles. The Morgan fingerprint density at radius 3 is 2.76 bits per heavy atom. The van der Waals surface area contributed by atoms with Gasteiger partial charge >= 0.3 is 0 Å². The molecule has 0 radical (unpaired) electrons. The number of methoxy groups -OCH3 is 1. The van der Waals surface area contributed by atoms with Gasteiger partial charge in [0.1, 0.15) is 5.75 Å². The topological polar surface area (TPSA) is 30.3 Å². The van der Waals surface area contributed by atoms with Crippen LogP contribution in [0.1, 0.15) is 5.56 Å². The van der Waals surface area contributed by atoms with Crippen molar-refractivity contribution >= 4 is 0 Å². The molecule has 4 nitrogen and oxygen atoms in total. The fraction of sp³-hybridized carbons (Fsp3) is 0.308. The zero-order valence-corrected chi connectivity index (χ0v) is 10.4. The Labute approximate surface area is 101 Å². The molecule has 0 fully saturated rings. The van der Waals surface area contributed by atoms with E-state index in [0.717, 1.165) is 18.0 Å². The first-order valence-electron chi connectivity index (χ1n) is 5.50. The van der Waals surface area contributed by atoms with Crippen molar-refractivity contribution in [3.63, 3.8) is 0 Å². The van der Waals surface area contributed by atoms with E-state index in [4.69, 9.17) is 4.74 Å². The van der Waals surface area contributed by atoms with Gasteiger partial charge < -0.3 is 14.2 Å². The van der Waals surface area contributed by atoms with Crippen LogP contribution in [0.15, 0.2) is 36.9 Å². The second-order valence-electron chi connectivity index (χ2n) is 4.21. The average molecular weight is 231 g/mol. The highest BCUT2D eigenvalue weighted by atomic mass is 16.5. The third kappa shape index (κ3) is 2.65. The smallest absolute Gasteiger partial charge is 0.143 e. The van der Waals surface area contributed by atoms with Gasteiger partial charge in [0.2, 0.25) is 0 Å². The van der Waals surface area contributed by atoms with Crippen molar-refractivity contribution < 1.29 is 4.74 Å². The maximum absolute atomic E-state index is 5.42. The Hall–Kier alpha value is -1.81. The lowest BCUT2D eigenvalue weighted by Crippen LogP contribution is -2.10. The van der Waals surface area contributed by atoms with Crippen LogP contribution in [-0.2, 0) is 6.54 Å². The van der Waals surface area contributed by atoms with Gasteiger partial charge in [-0.2, -0.15) is 0 Å². The second kappa shape index (κ2) is 5.01. The summed E-state index contributed by atoms with van der Waals surface area (Å²) >= 11 is 0. The molecule has 0 spiro atoms. The molecular weight excluding hydrogens is 214 g/mol. The number of imidazole rings is 1. The van der Waals surface area contributed by atoms with Gasteiger partial charge in [0.05, 0.1) is 19.1 Å². The first-order valence-corrected chi connectivity index (χ1v) is 5.50. The fourth-order valence-electron chi connectivity index (χ4n) is 1.80. The van der Waals surface area contributed by atoms with E-state index in [0.29, 0.717) is 0 Å². The van der Waals surface area contributed by atoms with Crippen LogP contribution in [0.3, 0.4) is 0 Å². The minimum absolute atomic E-state index is 0.863. The minimum atomic E-state index is 0.863. The van der Waals surface area contributed by atoms with Gasteiger partial charge in [0.25, 0.3) is 0 Å². The van der Waals surface area contributed by atoms with Gasteiger partial charge in [0, 0.05) is 18.9 Å². The predicted octanol–water partition coefficient (Wildman–Crippen LogP) is 1.94. The highest BCUT2D eigenvalue weighted by Crippen LogP contribution is 2.24. The van der Waals surface area contributed by atoms with Crippen LogP contribution in [0.25, 0.3) is 5.69 Å². The third-order valence-electron chi connectivity index (χ3n) is 2.53. The molecular formula is C13H17N3O. The summed E-state index contributed by atoms with van der Waals surface area (Å²) in [4.78, 5) is 6.17. The Kier molecular flexibility index (Phi) is 3.44. The molecule has 0 unspecified atom stereocenters. The maximum atomic E-state index is 5.42. The Bertz CT molecular complexity index is 477. The molecule has 0 atom stereocenters. The van der Waals surface area contributed by atoms with Crippen molar-refractivity contribution in [1.29, 1.82) is 0 Å². The van der Waals surface area contributed by atoms with Crippen LogP contribution < -0.4 is 4.74 Å². The first kappa shape index (κ1) is 11.7. The number of hydrogen-bond donors (Lipinski definition) is 0. The molecule has 0 saturated carbocycles. The molecule has 0 aliphatic carbocycles. The van der Waals surface area contributed by atoms with E-state index in [2.05, 4.69) is 42.2 Å². The van der Waals surface area contributed by atoms with Crippen LogP contribution in [0.4, 0.5) is 0 Å². The summed E-state index contributed by atoms with van der Waals surface area (Å²) in [6, 6.07) is 6.23. The van der Waals surface area contributed by atoms with Gasteiger partial charge in [-0.25, -0.2) is 4.98 Å². The van der Waals surface area contributed by atoms with Crippen molar-refractivity contribution in [2.24, 2.45) is 0 Å². The largest absolute Gasteiger partial charge is 0.495 e. The summed E-state index contributed by atoms with van der Waals surface area (Å²) in [5.41, 5.74) is 2.24. The molecule has 0 amide bonds. The van der Waals surface area contributed by atoms with Crippen molar-refractivity contribution in [2.75, 3.05) is 21.2 Å². The lowest BCUT2D eigenvalue weighted by molar-refractivity contribution is 0.394. The van der Waals surface area contributed by atoms with Gasteiger partial charge in [-0.3, -0.25) is 0 Å². The zero-order chi connectivity index (χ0) is 12.3. The highest BCUT2D eigenvalue weighted by Gasteiger charge is 2.06. The molecule has 2 rings (SSSR count). The summed E-state index contributed by atoms with van der Waals surface area (Å²) < 4.78 is 7.37. The van der Waals surface area contributed by atoms with Gasteiger partial charge in [-0.05, 0) is 31.8 Å². The normalized spacial score (nSPS) is 10.8. The molecule has 0 aliphatic rings. The third-order valence-corrected chi connectivity index (χ3v) is 2.53. The molecule has 0 bridgehead atoms. The summed E-state index contributed by atoms with van der Waals surface area (Å²) in [7, 11) is 5.79. The molecule has 17 heavy (non-hydrogen) atoms. The van der Waals surface area contributed by atoms with Crippen molar-refractivity contribution in [3.05, 3.63) is 42.5 Å². The van der Waals surface area contributed by atoms with Gasteiger partial charge in [0.15, 0.2) is 0 Å². The molecule has 1 aromatic heterocycles. The highest BCUT2D eigenvalue weighted by molar-refractivity contribution is 5.48. The Balaban J connectivity index is 2.35. The standard InChI is InChI=1S/C13H17N3O/c1-15(2)9-11-4-5-12(13(8-11)17-3)16-7-6-14-10-16/h4-8,10H,9H2,1-3H3. The first-order chi connectivity index (χ1) is 8.20. The van der Waals surface area contributed by atoms with E-state index in [1.54, 1.807) is 19.6 Å². The summed E-state index contributed by atoms with van der Waals surface area (Å²) in [6.07, 6.45) is 5.43. The van der Waals surface area contributed by atoms with Crippen molar-refractivity contribution in [2.45, 2.75) is 6.54 Å². The van der Waals surface area contributed by atoms with E-state index in [-0.39, 0.29) is 0 Å². The lowest BCUT2D eigenvalue weighted by atomic mass is 10.2. The van der Waals surface area contributed by atoms with Gasteiger partial charge in [-0.15, -0.1) is 0 Å². The van der Waals surface area contributed by atoms with Gasteiger partial charge in [-0.1, -0.05) is 6.07 Å². The Morgan fingerprint density at radius 2 is 2.18 bits per heavy atom. The van der Waals surface area contributed by atoms with Crippen LogP contribution in [0, 0.1) is 0 Å². The predicted molar refractivity (Wildman–Crippen MR) is 67.5 cm³/mol.